The van der Waals surface area contributed by atoms with Gasteiger partial charge in [-0.1, -0.05) is 13.3 Å². The summed E-state index contributed by atoms with van der Waals surface area (Å²) in [6, 6.07) is 0. The van der Waals surface area contributed by atoms with E-state index in [1.807, 2.05) is 6.92 Å². The van der Waals surface area contributed by atoms with Crippen LogP contribution in [0.4, 0.5) is 0 Å². The fraction of sp³-hybridized carbons (Fsp3) is 0.800. The van der Waals surface area contributed by atoms with E-state index in [-0.39, 0.29) is 30.1 Å². The summed E-state index contributed by atoms with van der Waals surface area (Å²) in [5.74, 6) is 1.52. The SMILES string of the molecule is CCNC(=NCC(C)CN1CCCCC1)N(C)Cc1csc(C(C)OC)n1.I. The van der Waals surface area contributed by atoms with Crippen molar-refractivity contribution in [1.82, 2.24) is 20.1 Å². The van der Waals surface area contributed by atoms with Gasteiger partial charge in [-0.2, -0.15) is 0 Å². The number of guanidine groups is 1. The Morgan fingerprint density at radius 3 is 2.71 bits per heavy atom. The zero-order valence-corrected chi connectivity index (χ0v) is 21.3. The lowest BCUT2D eigenvalue weighted by molar-refractivity contribution is 0.119. The van der Waals surface area contributed by atoms with Crippen LogP contribution in [0.25, 0.3) is 0 Å². The molecule has 2 heterocycles. The first-order chi connectivity index (χ1) is 13.0. The number of likely N-dealkylation sites (tertiary alicyclic amines) is 1. The summed E-state index contributed by atoms with van der Waals surface area (Å²) in [5, 5.41) is 6.56. The predicted octanol–water partition coefficient (Wildman–Crippen LogP) is 3.99. The Hall–Kier alpha value is -0.450. The average molecular weight is 524 g/mol. The summed E-state index contributed by atoms with van der Waals surface area (Å²) >= 11 is 1.66. The predicted molar refractivity (Wildman–Crippen MR) is 130 cm³/mol. The topological polar surface area (TPSA) is 53.0 Å². The van der Waals surface area contributed by atoms with Crippen LogP contribution in [0.5, 0.6) is 0 Å². The lowest BCUT2D eigenvalue weighted by Crippen LogP contribution is -2.39. The van der Waals surface area contributed by atoms with Gasteiger partial charge in [0, 0.05) is 39.2 Å². The van der Waals surface area contributed by atoms with E-state index in [2.05, 4.69) is 41.4 Å². The molecule has 0 radical (unpaired) electrons. The molecule has 1 N–H and O–H groups in total. The number of halogens is 1. The monoisotopic (exact) mass is 523 g/mol. The standard InChI is InChI=1S/C20H37N5OS.HI/c1-6-21-20(22-12-16(2)13-25-10-8-7-9-11-25)24(4)14-18-15-27-19(23-18)17(3)26-5;/h15-17H,6-14H2,1-5H3,(H,21,22);1H. The van der Waals surface area contributed by atoms with E-state index in [0.29, 0.717) is 5.92 Å². The van der Waals surface area contributed by atoms with Gasteiger partial charge >= 0.3 is 0 Å². The van der Waals surface area contributed by atoms with Crippen molar-refractivity contribution in [3.63, 3.8) is 0 Å². The number of nitrogens with zero attached hydrogens (tertiary/aromatic N) is 4. The molecule has 1 aliphatic heterocycles. The van der Waals surface area contributed by atoms with Crippen LogP contribution < -0.4 is 5.32 Å². The molecule has 0 aromatic carbocycles. The number of aromatic nitrogens is 1. The van der Waals surface area contributed by atoms with Gasteiger partial charge in [-0.15, -0.1) is 35.3 Å². The van der Waals surface area contributed by atoms with Crippen LogP contribution in [-0.4, -0.2) is 67.6 Å². The second kappa shape index (κ2) is 13.7. The van der Waals surface area contributed by atoms with Crippen molar-refractivity contribution in [2.75, 3.05) is 46.9 Å². The van der Waals surface area contributed by atoms with Crippen molar-refractivity contribution in [2.24, 2.45) is 10.9 Å². The molecule has 0 spiro atoms. The summed E-state index contributed by atoms with van der Waals surface area (Å²) in [7, 11) is 3.80. The summed E-state index contributed by atoms with van der Waals surface area (Å²) in [4.78, 5) is 14.3. The first kappa shape index (κ1) is 25.6. The molecule has 1 fully saturated rings. The minimum absolute atomic E-state index is 0. The zero-order valence-electron chi connectivity index (χ0n) is 18.1. The Morgan fingerprint density at radius 1 is 1.36 bits per heavy atom. The van der Waals surface area contributed by atoms with Crippen molar-refractivity contribution < 1.29 is 4.74 Å². The number of methoxy groups -OCH3 is 1. The number of nitrogens with one attached hydrogen (secondary N) is 1. The quantitative estimate of drug-likeness (QED) is 0.302. The molecular weight excluding hydrogens is 485 g/mol. The van der Waals surface area contributed by atoms with E-state index in [0.717, 1.165) is 42.8 Å². The number of piperidine rings is 1. The third-order valence-corrected chi connectivity index (χ3v) is 5.99. The number of hydrogen-bond acceptors (Lipinski definition) is 5. The van der Waals surface area contributed by atoms with Gasteiger partial charge in [0.05, 0.1) is 12.2 Å². The molecule has 1 aliphatic rings. The van der Waals surface area contributed by atoms with Gasteiger partial charge in [0.2, 0.25) is 0 Å². The molecule has 2 atom stereocenters. The van der Waals surface area contributed by atoms with Crippen LogP contribution in [0.1, 0.15) is 56.8 Å². The van der Waals surface area contributed by atoms with E-state index >= 15 is 0 Å². The fourth-order valence-corrected chi connectivity index (χ4v) is 4.19. The molecule has 2 unspecified atom stereocenters. The molecule has 1 aromatic rings. The van der Waals surface area contributed by atoms with Crippen LogP contribution >= 0.6 is 35.3 Å². The summed E-state index contributed by atoms with van der Waals surface area (Å²) in [6.45, 7) is 12.6. The van der Waals surface area contributed by atoms with Gasteiger partial charge in [-0.3, -0.25) is 4.99 Å². The highest BCUT2D eigenvalue weighted by molar-refractivity contribution is 14.0. The molecular formula is C20H38IN5OS. The minimum Gasteiger partial charge on any atom is -0.375 e. The number of hydrogen-bond donors (Lipinski definition) is 1. The number of aliphatic imine (C=N–C) groups is 1. The van der Waals surface area contributed by atoms with Crippen LogP contribution in [0.3, 0.4) is 0 Å². The first-order valence-corrected chi connectivity index (χ1v) is 11.1. The molecule has 0 bridgehead atoms. The molecule has 6 nitrogen and oxygen atoms in total. The van der Waals surface area contributed by atoms with Crippen LogP contribution in [0, 0.1) is 5.92 Å². The van der Waals surface area contributed by atoms with Crippen LogP contribution in [0.15, 0.2) is 10.4 Å². The smallest absolute Gasteiger partial charge is 0.194 e. The Bertz CT molecular complexity index is 577. The van der Waals surface area contributed by atoms with Crippen molar-refractivity contribution in [2.45, 2.75) is 52.7 Å². The lowest BCUT2D eigenvalue weighted by Gasteiger charge is -2.29. The molecule has 1 aromatic heterocycles. The zero-order chi connectivity index (χ0) is 19.6. The van der Waals surface area contributed by atoms with Gasteiger partial charge in [0.1, 0.15) is 11.1 Å². The maximum atomic E-state index is 5.36. The molecule has 0 amide bonds. The Balaban J connectivity index is 0.00000392. The summed E-state index contributed by atoms with van der Waals surface area (Å²) < 4.78 is 5.36. The molecule has 162 valence electrons. The summed E-state index contributed by atoms with van der Waals surface area (Å²) in [5.41, 5.74) is 1.06. The lowest BCUT2D eigenvalue weighted by atomic mass is 10.1. The van der Waals surface area contributed by atoms with Crippen molar-refractivity contribution in [3.8, 4) is 0 Å². The van der Waals surface area contributed by atoms with Gasteiger partial charge < -0.3 is 19.9 Å². The fourth-order valence-electron chi connectivity index (χ4n) is 3.35. The highest BCUT2D eigenvalue weighted by Crippen LogP contribution is 2.21. The molecule has 8 heteroatoms. The Kier molecular flexibility index (Phi) is 12.5. The second-order valence-corrected chi connectivity index (χ2v) is 8.46. The van der Waals surface area contributed by atoms with Crippen LogP contribution in [-0.2, 0) is 11.3 Å². The summed E-state index contributed by atoms with van der Waals surface area (Å²) in [6.07, 6.45) is 4.13. The van der Waals surface area contributed by atoms with Crippen molar-refractivity contribution in [1.29, 1.82) is 0 Å². The molecule has 2 rings (SSSR count). The largest absolute Gasteiger partial charge is 0.375 e. The van der Waals surface area contributed by atoms with E-state index in [1.54, 1.807) is 18.4 Å². The van der Waals surface area contributed by atoms with E-state index < -0.39 is 0 Å². The van der Waals surface area contributed by atoms with Gasteiger partial charge in [-0.25, -0.2) is 4.98 Å². The average Bonchev–Trinajstić information content (AvgIpc) is 3.13. The van der Waals surface area contributed by atoms with Crippen LogP contribution in [0.2, 0.25) is 0 Å². The molecule has 28 heavy (non-hydrogen) atoms. The Labute approximate surface area is 192 Å². The highest BCUT2D eigenvalue weighted by Gasteiger charge is 2.15. The Morgan fingerprint density at radius 2 is 2.07 bits per heavy atom. The number of rotatable bonds is 9. The maximum Gasteiger partial charge on any atom is 0.194 e. The van der Waals surface area contributed by atoms with Crippen molar-refractivity contribution in [3.05, 3.63) is 16.1 Å². The first-order valence-electron chi connectivity index (χ1n) is 10.2. The van der Waals surface area contributed by atoms with Gasteiger partial charge in [-0.05, 0) is 45.7 Å². The maximum absolute atomic E-state index is 5.36. The van der Waals surface area contributed by atoms with Crippen molar-refractivity contribution >= 4 is 41.3 Å². The van der Waals surface area contributed by atoms with Gasteiger partial charge in [0.15, 0.2) is 5.96 Å². The highest BCUT2D eigenvalue weighted by atomic mass is 127. The van der Waals surface area contributed by atoms with E-state index in [9.17, 15) is 0 Å². The van der Waals surface area contributed by atoms with Gasteiger partial charge in [0.25, 0.3) is 0 Å². The second-order valence-electron chi connectivity index (χ2n) is 7.57. The third-order valence-electron chi connectivity index (χ3n) is 4.94. The minimum atomic E-state index is 0. The van der Waals surface area contributed by atoms with E-state index in [4.69, 9.17) is 14.7 Å². The molecule has 0 aliphatic carbocycles. The molecule has 0 saturated carbocycles. The normalized spacial score (nSPS) is 17.7. The number of ether oxygens (including phenoxy) is 1. The third kappa shape index (κ3) is 8.51. The number of thiazole rings is 1. The van der Waals surface area contributed by atoms with E-state index in [1.165, 1.54) is 32.4 Å². The molecule has 1 saturated heterocycles.